The maximum atomic E-state index is 6.17. The van der Waals surface area contributed by atoms with E-state index < -0.39 is 0 Å². The number of aromatic nitrogens is 4. The van der Waals surface area contributed by atoms with Crippen LogP contribution in [0.5, 0.6) is 0 Å². The second-order valence-corrected chi connectivity index (χ2v) is 6.66. The van der Waals surface area contributed by atoms with Crippen molar-refractivity contribution < 1.29 is 0 Å². The number of anilines is 1. The van der Waals surface area contributed by atoms with Gasteiger partial charge in [0.05, 0.1) is 17.3 Å². The summed E-state index contributed by atoms with van der Waals surface area (Å²) in [6.07, 6.45) is 3.34. The molecule has 130 valence electrons. The lowest BCUT2D eigenvalue weighted by Gasteiger charge is -2.15. The van der Waals surface area contributed by atoms with Crippen LogP contribution >= 0.6 is 11.6 Å². The fraction of sp³-hybridized carbons (Fsp3) is 0.150. The summed E-state index contributed by atoms with van der Waals surface area (Å²) in [5, 5.41) is 9.52. The minimum absolute atomic E-state index is 0.116. The van der Waals surface area contributed by atoms with Crippen molar-refractivity contribution in [2.24, 2.45) is 0 Å². The van der Waals surface area contributed by atoms with Crippen LogP contribution in [-0.2, 0) is 0 Å². The normalized spacial score (nSPS) is 12.3. The van der Waals surface area contributed by atoms with Crippen LogP contribution in [0.1, 0.15) is 24.1 Å². The van der Waals surface area contributed by atoms with Gasteiger partial charge in [0.25, 0.3) is 0 Å². The van der Waals surface area contributed by atoms with Gasteiger partial charge >= 0.3 is 0 Å². The fourth-order valence-electron chi connectivity index (χ4n) is 2.98. The first-order valence-corrected chi connectivity index (χ1v) is 8.78. The van der Waals surface area contributed by atoms with Crippen LogP contribution < -0.4 is 5.32 Å². The zero-order valence-electron chi connectivity index (χ0n) is 14.5. The first-order chi connectivity index (χ1) is 12.6. The van der Waals surface area contributed by atoms with Gasteiger partial charge in [0, 0.05) is 11.1 Å². The highest BCUT2D eigenvalue weighted by molar-refractivity contribution is 6.30. The fourth-order valence-corrected chi connectivity index (χ4v) is 3.14. The van der Waals surface area contributed by atoms with Crippen molar-refractivity contribution in [1.29, 1.82) is 0 Å². The average molecular weight is 364 g/mol. The van der Waals surface area contributed by atoms with E-state index in [1.807, 2.05) is 43.3 Å². The Hall–Kier alpha value is -2.92. The van der Waals surface area contributed by atoms with Gasteiger partial charge in [-0.15, -0.1) is 0 Å². The molecule has 4 aromatic rings. The molecule has 1 atom stereocenters. The number of benzene rings is 2. The lowest BCUT2D eigenvalue weighted by Crippen LogP contribution is -2.08. The van der Waals surface area contributed by atoms with Gasteiger partial charge < -0.3 is 5.32 Å². The Morgan fingerprint density at radius 3 is 2.69 bits per heavy atom. The standard InChI is InChI=1S/C20H18ClN5/c1-13-8-9-16(21)10-18(13)26-20-17(11-24-26)19(22-12-23-20)25-14(2)15-6-4-3-5-7-15/h3-12,14H,1-2H3,(H,22,23,25)/t14-/m1/s1. The summed E-state index contributed by atoms with van der Waals surface area (Å²) in [7, 11) is 0. The third-order valence-corrected chi connectivity index (χ3v) is 4.65. The third kappa shape index (κ3) is 3.02. The maximum absolute atomic E-state index is 6.17. The minimum Gasteiger partial charge on any atom is -0.363 e. The maximum Gasteiger partial charge on any atom is 0.168 e. The molecule has 0 radical (unpaired) electrons. The van der Waals surface area contributed by atoms with Gasteiger partial charge in [-0.25, -0.2) is 14.6 Å². The molecular weight excluding hydrogens is 346 g/mol. The van der Waals surface area contributed by atoms with E-state index in [0.717, 1.165) is 28.1 Å². The van der Waals surface area contributed by atoms with Crippen LogP contribution in [0.25, 0.3) is 16.7 Å². The van der Waals surface area contributed by atoms with Gasteiger partial charge in [0.1, 0.15) is 12.1 Å². The largest absolute Gasteiger partial charge is 0.363 e. The summed E-state index contributed by atoms with van der Waals surface area (Å²) >= 11 is 6.17. The van der Waals surface area contributed by atoms with Gasteiger partial charge in [-0.2, -0.15) is 5.10 Å². The van der Waals surface area contributed by atoms with E-state index in [-0.39, 0.29) is 6.04 Å². The van der Waals surface area contributed by atoms with Crippen LogP contribution in [0, 0.1) is 6.92 Å². The van der Waals surface area contributed by atoms with E-state index in [1.165, 1.54) is 5.56 Å². The van der Waals surface area contributed by atoms with Gasteiger partial charge in [-0.3, -0.25) is 0 Å². The van der Waals surface area contributed by atoms with Gasteiger partial charge in [-0.1, -0.05) is 48.0 Å². The predicted molar refractivity (Wildman–Crippen MR) is 105 cm³/mol. The molecule has 0 amide bonds. The van der Waals surface area contributed by atoms with Gasteiger partial charge in [0.15, 0.2) is 5.65 Å². The zero-order chi connectivity index (χ0) is 18.1. The highest BCUT2D eigenvalue weighted by Gasteiger charge is 2.14. The quantitative estimate of drug-likeness (QED) is 0.557. The van der Waals surface area contributed by atoms with Gasteiger partial charge in [0.2, 0.25) is 0 Å². The molecule has 26 heavy (non-hydrogen) atoms. The summed E-state index contributed by atoms with van der Waals surface area (Å²) in [6, 6.07) is 16.1. The Morgan fingerprint density at radius 1 is 1.08 bits per heavy atom. The van der Waals surface area contributed by atoms with Crippen molar-refractivity contribution in [2.75, 3.05) is 5.32 Å². The Balaban J connectivity index is 1.75. The minimum atomic E-state index is 0.116. The summed E-state index contributed by atoms with van der Waals surface area (Å²) < 4.78 is 1.80. The lowest BCUT2D eigenvalue weighted by atomic mass is 10.1. The molecule has 0 aliphatic carbocycles. The van der Waals surface area contributed by atoms with Crippen molar-refractivity contribution in [3.8, 4) is 5.69 Å². The lowest BCUT2D eigenvalue weighted by molar-refractivity contribution is 0.873. The van der Waals surface area contributed by atoms with Crippen LogP contribution in [0.3, 0.4) is 0 Å². The number of halogens is 1. The van der Waals surface area contributed by atoms with Crippen LogP contribution in [0.4, 0.5) is 5.82 Å². The summed E-state index contributed by atoms with van der Waals surface area (Å²) in [5.74, 6) is 0.761. The molecule has 0 unspecified atom stereocenters. The Kier molecular flexibility index (Phi) is 4.31. The highest BCUT2D eigenvalue weighted by Crippen LogP contribution is 2.27. The van der Waals surface area contributed by atoms with E-state index in [1.54, 1.807) is 17.2 Å². The number of hydrogen-bond acceptors (Lipinski definition) is 4. The summed E-state index contributed by atoms with van der Waals surface area (Å²) in [5.41, 5.74) is 3.92. The highest BCUT2D eigenvalue weighted by atomic mass is 35.5. The van der Waals surface area contributed by atoms with E-state index in [4.69, 9.17) is 11.6 Å². The van der Waals surface area contributed by atoms with Crippen LogP contribution in [0.2, 0.25) is 5.02 Å². The Labute approximate surface area is 156 Å². The number of rotatable bonds is 4. The second-order valence-electron chi connectivity index (χ2n) is 6.22. The number of hydrogen-bond donors (Lipinski definition) is 1. The Morgan fingerprint density at radius 2 is 1.88 bits per heavy atom. The SMILES string of the molecule is Cc1ccc(Cl)cc1-n1ncc2c(N[C@H](C)c3ccccc3)ncnc21. The van der Waals surface area contributed by atoms with Crippen molar-refractivity contribution >= 4 is 28.5 Å². The van der Waals surface area contributed by atoms with E-state index in [2.05, 4.69) is 39.4 Å². The molecule has 0 saturated heterocycles. The topological polar surface area (TPSA) is 55.6 Å². The molecule has 6 heteroatoms. The average Bonchev–Trinajstić information content (AvgIpc) is 3.09. The number of fused-ring (bicyclic) bond motifs is 1. The monoisotopic (exact) mass is 363 g/mol. The molecule has 1 N–H and O–H groups in total. The Bertz CT molecular complexity index is 1060. The molecule has 0 aliphatic heterocycles. The van der Waals surface area contributed by atoms with Crippen molar-refractivity contribution in [2.45, 2.75) is 19.9 Å². The first kappa shape index (κ1) is 16.5. The van der Waals surface area contributed by atoms with Crippen molar-refractivity contribution in [3.63, 3.8) is 0 Å². The van der Waals surface area contributed by atoms with Gasteiger partial charge in [-0.05, 0) is 37.1 Å². The number of aryl methyl sites for hydroxylation is 1. The molecule has 0 spiro atoms. The molecule has 5 nitrogen and oxygen atoms in total. The predicted octanol–water partition coefficient (Wildman–Crippen LogP) is 4.95. The number of nitrogens with one attached hydrogen (secondary N) is 1. The van der Waals surface area contributed by atoms with E-state index in [9.17, 15) is 0 Å². The smallest absolute Gasteiger partial charge is 0.168 e. The van der Waals surface area contributed by atoms with Crippen molar-refractivity contribution in [3.05, 3.63) is 77.2 Å². The van der Waals surface area contributed by atoms with Crippen LogP contribution in [-0.4, -0.2) is 19.7 Å². The molecule has 0 aliphatic rings. The molecule has 0 fully saturated rings. The molecule has 0 bridgehead atoms. The molecular formula is C20H18ClN5. The molecule has 2 aromatic carbocycles. The first-order valence-electron chi connectivity index (χ1n) is 8.40. The summed E-state index contributed by atoms with van der Waals surface area (Å²) in [4.78, 5) is 8.85. The van der Waals surface area contributed by atoms with E-state index in [0.29, 0.717) is 5.02 Å². The molecule has 4 rings (SSSR count). The zero-order valence-corrected chi connectivity index (χ0v) is 15.3. The number of nitrogens with zero attached hydrogens (tertiary/aromatic N) is 4. The molecule has 2 heterocycles. The van der Waals surface area contributed by atoms with Crippen molar-refractivity contribution in [1.82, 2.24) is 19.7 Å². The summed E-state index contributed by atoms with van der Waals surface area (Å²) in [6.45, 7) is 4.13. The van der Waals surface area contributed by atoms with E-state index >= 15 is 0 Å². The molecule has 0 saturated carbocycles. The molecule has 2 aromatic heterocycles. The van der Waals surface area contributed by atoms with Crippen LogP contribution in [0.15, 0.2) is 61.1 Å². The third-order valence-electron chi connectivity index (χ3n) is 4.42. The second kappa shape index (κ2) is 6.77.